The molecular weight excluding hydrogens is 412 g/mol. The van der Waals surface area contributed by atoms with E-state index in [1.807, 2.05) is 20.8 Å². The van der Waals surface area contributed by atoms with Crippen molar-refractivity contribution in [3.63, 3.8) is 0 Å². The fraction of sp³-hybridized carbons (Fsp3) is 0.957. The van der Waals surface area contributed by atoms with Crippen molar-refractivity contribution in [2.45, 2.75) is 104 Å². The molecule has 5 nitrogen and oxygen atoms in total. The first-order valence-corrected chi connectivity index (χ1v) is 16.2. The molecule has 176 valence electrons. The molecule has 30 heavy (non-hydrogen) atoms. The Balaban J connectivity index is 2.16. The van der Waals surface area contributed by atoms with E-state index in [0.29, 0.717) is 53.8 Å². The van der Waals surface area contributed by atoms with E-state index in [1.165, 1.54) is 0 Å². The maximum absolute atomic E-state index is 13.4. The number of carbonyl (C=O) groups is 1. The van der Waals surface area contributed by atoms with Gasteiger partial charge in [-0.1, -0.05) is 41.5 Å². The zero-order chi connectivity index (χ0) is 22.7. The van der Waals surface area contributed by atoms with Gasteiger partial charge in [-0.2, -0.15) is 0 Å². The predicted molar refractivity (Wildman–Crippen MR) is 126 cm³/mol. The van der Waals surface area contributed by atoms with Gasteiger partial charge < -0.3 is 17.7 Å². The maximum atomic E-state index is 13.4. The molecule has 4 unspecified atom stereocenters. The lowest BCUT2D eigenvalue weighted by Crippen LogP contribution is -2.53. The van der Waals surface area contributed by atoms with Crippen LogP contribution in [0.5, 0.6) is 0 Å². The minimum Gasteiger partial charge on any atom is -0.518 e. The summed E-state index contributed by atoms with van der Waals surface area (Å²) < 4.78 is 25.1. The van der Waals surface area contributed by atoms with E-state index < -0.39 is 17.1 Å². The van der Waals surface area contributed by atoms with E-state index in [1.54, 1.807) is 0 Å². The maximum Gasteiger partial charge on any atom is 0.504 e. The van der Waals surface area contributed by atoms with Gasteiger partial charge >= 0.3 is 8.80 Å². The second-order valence-electron chi connectivity index (χ2n) is 10.1. The van der Waals surface area contributed by atoms with Gasteiger partial charge in [0.1, 0.15) is 0 Å². The van der Waals surface area contributed by atoms with Crippen LogP contribution in [0.3, 0.4) is 0 Å². The molecule has 0 aromatic heterocycles. The Labute approximate surface area is 187 Å². The van der Waals surface area contributed by atoms with Gasteiger partial charge in [0.15, 0.2) is 0 Å². The van der Waals surface area contributed by atoms with Crippen LogP contribution in [-0.4, -0.2) is 42.9 Å². The molecule has 0 aromatic rings. The highest BCUT2D eigenvalue weighted by Gasteiger charge is 2.62. The molecule has 0 spiro atoms. The summed E-state index contributed by atoms with van der Waals surface area (Å²) in [5, 5.41) is 0. The van der Waals surface area contributed by atoms with E-state index in [-0.39, 0.29) is 11.9 Å². The van der Waals surface area contributed by atoms with Crippen LogP contribution >= 0.6 is 0 Å². The highest BCUT2D eigenvalue weighted by atomic mass is 28.4. The molecule has 4 atom stereocenters. The Kier molecular flexibility index (Phi) is 9.20. The van der Waals surface area contributed by atoms with Crippen molar-refractivity contribution in [3.8, 4) is 0 Å². The summed E-state index contributed by atoms with van der Waals surface area (Å²) >= 11 is 0. The molecular formula is C23H46O5Si2. The SMILES string of the molecule is CCO[Si](OCC)(OCC)C1CC2CC1CC2C(=O)O[Si](C(C)C)(C(C)C)C(C)C. The molecule has 0 saturated heterocycles. The van der Waals surface area contributed by atoms with E-state index in [9.17, 15) is 4.79 Å². The number of hydrogen-bond acceptors (Lipinski definition) is 5. The van der Waals surface area contributed by atoms with E-state index in [4.69, 9.17) is 17.7 Å². The lowest BCUT2D eigenvalue weighted by atomic mass is 9.89. The largest absolute Gasteiger partial charge is 0.518 e. The molecule has 2 bridgehead atoms. The molecule has 2 rings (SSSR count). The summed E-state index contributed by atoms with van der Waals surface area (Å²) in [5.74, 6) is 0.919. The second kappa shape index (κ2) is 10.6. The molecule has 2 aliphatic carbocycles. The van der Waals surface area contributed by atoms with Crippen LogP contribution in [0.15, 0.2) is 0 Å². The van der Waals surface area contributed by atoms with Crippen molar-refractivity contribution in [3.05, 3.63) is 0 Å². The standard InChI is InChI=1S/C23H46O5Si2/c1-10-25-30(26-11-2,27-12-3)22-15-19-13-20(22)14-21(19)23(24)28-29(16(4)5,17(6)7)18(8)9/h16-22H,10-15H2,1-9H3. The van der Waals surface area contributed by atoms with Crippen molar-refractivity contribution in [2.75, 3.05) is 19.8 Å². The van der Waals surface area contributed by atoms with Gasteiger partial charge in [-0.3, -0.25) is 4.79 Å². The van der Waals surface area contributed by atoms with Gasteiger partial charge in [0.25, 0.3) is 14.3 Å². The van der Waals surface area contributed by atoms with E-state index in [2.05, 4.69) is 41.5 Å². The summed E-state index contributed by atoms with van der Waals surface area (Å²) in [6.07, 6.45) is 2.94. The quantitative estimate of drug-likeness (QED) is 0.327. The Morgan fingerprint density at radius 1 is 0.767 bits per heavy atom. The van der Waals surface area contributed by atoms with Gasteiger partial charge in [-0.05, 0) is 68.5 Å². The topological polar surface area (TPSA) is 54.0 Å². The molecule has 0 radical (unpaired) electrons. The van der Waals surface area contributed by atoms with Crippen LogP contribution in [-0.2, 0) is 22.5 Å². The average Bonchev–Trinajstić information content (AvgIpc) is 3.26. The first-order valence-electron chi connectivity index (χ1n) is 12.2. The van der Waals surface area contributed by atoms with Crippen LogP contribution in [0.2, 0.25) is 22.2 Å². The lowest BCUT2D eigenvalue weighted by Gasteiger charge is -2.43. The minimum absolute atomic E-state index is 0.0333. The predicted octanol–water partition coefficient (Wildman–Crippen LogP) is 6.17. The van der Waals surface area contributed by atoms with Gasteiger partial charge in [0, 0.05) is 25.4 Å². The van der Waals surface area contributed by atoms with Crippen LogP contribution in [0.1, 0.15) is 81.6 Å². The summed E-state index contributed by atoms with van der Waals surface area (Å²) in [4.78, 5) is 13.4. The first kappa shape index (κ1) is 26.0. The smallest absolute Gasteiger partial charge is 0.504 e. The first-order chi connectivity index (χ1) is 14.1. The molecule has 2 aliphatic rings. The van der Waals surface area contributed by atoms with Crippen LogP contribution in [0.25, 0.3) is 0 Å². The van der Waals surface area contributed by atoms with Gasteiger partial charge in [-0.15, -0.1) is 0 Å². The fourth-order valence-electron chi connectivity index (χ4n) is 6.65. The van der Waals surface area contributed by atoms with Crippen molar-refractivity contribution in [2.24, 2.45) is 17.8 Å². The average molecular weight is 459 g/mol. The number of rotatable bonds is 12. The minimum atomic E-state index is -2.72. The van der Waals surface area contributed by atoms with E-state index in [0.717, 1.165) is 19.3 Å². The van der Waals surface area contributed by atoms with Gasteiger partial charge in [0.2, 0.25) is 0 Å². The fourth-order valence-corrected chi connectivity index (χ4v) is 15.4. The highest BCUT2D eigenvalue weighted by Crippen LogP contribution is 2.59. The summed E-state index contributed by atoms with van der Waals surface area (Å²) in [6.45, 7) is 21.3. The molecule has 0 aromatic carbocycles. The molecule has 0 N–H and O–H groups in total. The Hall–Kier alpha value is -0.216. The lowest BCUT2D eigenvalue weighted by molar-refractivity contribution is -0.142. The Bertz CT molecular complexity index is 527. The van der Waals surface area contributed by atoms with Crippen LogP contribution in [0.4, 0.5) is 0 Å². The zero-order valence-corrected chi connectivity index (χ0v) is 22.8. The number of hydrogen-bond donors (Lipinski definition) is 0. The third-order valence-corrected chi connectivity index (χ3v) is 17.3. The molecule has 7 heteroatoms. The molecule has 2 saturated carbocycles. The summed E-state index contributed by atoms with van der Waals surface area (Å²) in [7, 11) is -4.92. The van der Waals surface area contributed by atoms with Crippen molar-refractivity contribution >= 4 is 23.1 Å². The van der Waals surface area contributed by atoms with Gasteiger partial charge in [0.05, 0.1) is 5.92 Å². The van der Waals surface area contributed by atoms with Crippen molar-refractivity contribution in [1.82, 2.24) is 0 Å². The summed E-state index contributed by atoms with van der Waals surface area (Å²) in [5.41, 5.74) is 1.57. The van der Waals surface area contributed by atoms with Gasteiger partial charge in [-0.25, -0.2) is 0 Å². The normalized spacial score (nSPS) is 26.9. The monoisotopic (exact) mass is 458 g/mol. The third-order valence-electron chi connectivity index (χ3n) is 7.63. The van der Waals surface area contributed by atoms with Crippen molar-refractivity contribution < 1.29 is 22.5 Å². The van der Waals surface area contributed by atoms with Crippen LogP contribution < -0.4 is 0 Å². The zero-order valence-electron chi connectivity index (χ0n) is 20.8. The molecule has 2 fully saturated rings. The Morgan fingerprint density at radius 3 is 1.57 bits per heavy atom. The van der Waals surface area contributed by atoms with Crippen LogP contribution in [0, 0.1) is 17.8 Å². The third kappa shape index (κ3) is 4.75. The van der Waals surface area contributed by atoms with E-state index >= 15 is 0 Å². The van der Waals surface area contributed by atoms with Crippen molar-refractivity contribution in [1.29, 1.82) is 0 Å². The summed E-state index contributed by atoms with van der Waals surface area (Å²) in [6, 6.07) is 0. The molecule has 0 aliphatic heterocycles. The highest BCUT2D eigenvalue weighted by molar-refractivity contribution is 6.78. The Morgan fingerprint density at radius 2 is 1.23 bits per heavy atom. The molecule has 0 amide bonds. The number of fused-ring (bicyclic) bond motifs is 2. The molecule has 0 heterocycles. The second-order valence-corrected chi connectivity index (χ2v) is 18.3. The number of carbonyl (C=O) groups excluding carboxylic acids is 1.